The van der Waals surface area contributed by atoms with E-state index in [1.807, 2.05) is 30.3 Å². The standard InChI is InChI=1S/C13H15NO3/c1-2-17-13(16)9-8-12(15)14-10-11-6-4-3-5-7-11/h3-9H,2,10H2,1H3,(H,14,15)/b9-8-. The molecule has 0 bridgehead atoms. The van der Waals surface area contributed by atoms with Crippen LogP contribution in [0.2, 0.25) is 0 Å². The molecule has 17 heavy (non-hydrogen) atoms. The van der Waals surface area contributed by atoms with Gasteiger partial charge in [-0.05, 0) is 12.5 Å². The lowest BCUT2D eigenvalue weighted by Gasteiger charge is -2.01. The van der Waals surface area contributed by atoms with Crippen molar-refractivity contribution in [3.63, 3.8) is 0 Å². The van der Waals surface area contributed by atoms with Gasteiger partial charge >= 0.3 is 5.97 Å². The number of nitrogens with one attached hydrogen (secondary N) is 1. The Bertz CT molecular complexity index is 398. The molecular weight excluding hydrogens is 218 g/mol. The van der Waals surface area contributed by atoms with Crippen molar-refractivity contribution in [3.05, 3.63) is 48.0 Å². The molecule has 0 aliphatic carbocycles. The summed E-state index contributed by atoms with van der Waals surface area (Å²) >= 11 is 0. The molecule has 1 rings (SSSR count). The van der Waals surface area contributed by atoms with Crippen LogP contribution in [-0.2, 0) is 20.9 Å². The summed E-state index contributed by atoms with van der Waals surface area (Å²) in [5.74, 6) is -0.829. The fourth-order valence-electron chi connectivity index (χ4n) is 1.18. The predicted molar refractivity (Wildman–Crippen MR) is 64.1 cm³/mol. The number of carbonyl (C=O) groups is 2. The summed E-state index contributed by atoms with van der Waals surface area (Å²) in [6.45, 7) is 2.45. The summed E-state index contributed by atoms with van der Waals surface area (Å²) in [6.07, 6.45) is 2.28. The van der Waals surface area contributed by atoms with Crippen LogP contribution in [-0.4, -0.2) is 18.5 Å². The van der Waals surface area contributed by atoms with Gasteiger partial charge < -0.3 is 10.1 Å². The monoisotopic (exact) mass is 233 g/mol. The number of amides is 1. The maximum atomic E-state index is 11.3. The van der Waals surface area contributed by atoms with Gasteiger partial charge in [-0.1, -0.05) is 30.3 Å². The van der Waals surface area contributed by atoms with Crippen LogP contribution in [0.25, 0.3) is 0 Å². The van der Waals surface area contributed by atoms with Crippen LogP contribution < -0.4 is 5.32 Å². The third-order valence-corrected chi connectivity index (χ3v) is 1.97. The molecule has 1 amide bonds. The summed E-state index contributed by atoms with van der Waals surface area (Å²) in [4.78, 5) is 22.3. The van der Waals surface area contributed by atoms with Gasteiger partial charge in [-0.3, -0.25) is 4.79 Å². The van der Waals surface area contributed by atoms with E-state index in [1.165, 1.54) is 6.08 Å². The molecule has 4 heteroatoms. The van der Waals surface area contributed by atoms with Crippen LogP contribution in [0.15, 0.2) is 42.5 Å². The average Bonchev–Trinajstić information content (AvgIpc) is 2.35. The van der Waals surface area contributed by atoms with Gasteiger partial charge in [0.15, 0.2) is 0 Å². The van der Waals surface area contributed by atoms with E-state index in [1.54, 1.807) is 6.92 Å². The zero-order chi connectivity index (χ0) is 12.5. The fourth-order valence-corrected chi connectivity index (χ4v) is 1.18. The topological polar surface area (TPSA) is 55.4 Å². The highest BCUT2D eigenvalue weighted by Gasteiger charge is 1.98. The third-order valence-electron chi connectivity index (χ3n) is 1.97. The normalized spacial score (nSPS) is 10.2. The molecule has 0 atom stereocenters. The van der Waals surface area contributed by atoms with Crippen molar-refractivity contribution >= 4 is 11.9 Å². The molecule has 0 heterocycles. The summed E-state index contributed by atoms with van der Waals surface area (Å²) < 4.78 is 4.65. The minimum Gasteiger partial charge on any atom is -0.463 e. The first kappa shape index (κ1) is 13.0. The van der Waals surface area contributed by atoms with E-state index in [-0.39, 0.29) is 5.91 Å². The van der Waals surface area contributed by atoms with Crippen LogP contribution in [0.4, 0.5) is 0 Å². The molecule has 0 spiro atoms. The molecule has 1 aromatic carbocycles. The SMILES string of the molecule is CCOC(=O)/C=C\C(=O)NCc1ccccc1. The summed E-state index contributed by atoms with van der Waals surface area (Å²) in [5.41, 5.74) is 1.00. The highest BCUT2D eigenvalue weighted by atomic mass is 16.5. The number of esters is 1. The van der Waals surface area contributed by atoms with Gasteiger partial charge in [0.1, 0.15) is 0 Å². The molecule has 0 aliphatic heterocycles. The van der Waals surface area contributed by atoms with Gasteiger partial charge in [0, 0.05) is 18.7 Å². The van der Waals surface area contributed by atoms with Crippen molar-refractivity contribution in [1.82, 2.24) is 5.32 Å². The molecule has 1 aromatic rings. The molecule has 0 radical (unpaired) electrons. The quantitative estimate of drug-likeness (QED) is 0.618. The molecule has 1 N–H and O–H groups in total. The Kier molecular flexibility index (Phi) is 5.51. The first-order valence-electron chi connectivity index (χ1n) is 5.39. The second-order valence-corrected chi connectivity index (χ2v) is 3.29. The van der Waals surface area contributed by atoms with Crippen molar-refractivity contribution in [1.29, 1.82) is 0 Å². The van der Waals surface area contributed by atoms with Crippen molar-refractivity contribution in [3.8, 4) is 0 Å². The van der Waals surface area contributed by atoms with E-state index in [0.29, 0.717) is 13.2 Å². The van der Waals surface area contributed by atoms with E-state index in [4.69, 9.17) is 0 Å². The number of ether oxygens (including phenoxy) is 1. The van der Waals surface area contributed by atoms with Gasteiger partial charge in [-0.15, -0.1) is 0 Å². The third kappa shape index (κ3) is 5.51. The Morgan fingerprint density at radius 2 is 1.94 bits per heavy atom. The Balaban J connectivity index is 2.33. The molecule has 0 saturated heterocycles. The van der Waals surface area contributed by atoms with Gasteiger partial charge in [0.25, 0.3) is 0 Å². The van der Waals surface area contributed by atoms with Gasteiger partial charge in [0.05, 0.1) is 6.61 Å². The van der Waals surface area contributed by atoms with Crippen molar-refractivity contribution in [2.45, 2.75) is 13.5 Å². The van der Waals surface area contributed by atoms with E-state index in [9.17, 15) is 9.59 Å². The Morgan fingerprint density at radius 3 is 2.59 bits per heavy atom. The number of hydrogen-bond donors (Lipinski definition) is 1. The number of benzene rings is 1. The number of hydrogen-bond acceptors (Lipinski definition) is 3. The molecule has 0 saturated carbocycles. The van der Waals surface area contributed by atoms with E-state index in [0.717, 1.165) is 11.6 Å². The first-order chi connectivity index (χ1) is 8.22. The maximum absolute atomic E-state index is 11.3. The second-order valence-electron chi connectivity index (χ2n) is 3.29. The first-order valence-corrected chi connectivity index (χ1v) is 5.39. The smallest absolute Gasteiger partial charge is 0.330 e. The maximum Gasteiger partial charge on any atom is 0.330 e. The number of rotatable bonds is 5. The second kappa shape index (κ2) is 7.22. The lowest BCUT2D eigenvalue weighted by molar-refractivity contribution is -0.137. The molecule has 0 aromatic heterocycles. The minimum atomic E-state index is -0.512. The molecule has 0 unspecified atom stereocenters. The van der Waals surface area contributed by atoms with Gasteiger partial charge in [0.2, 0.25) is 5.91 Å². The molecule has 0 fully saturated rings. The summed E-state index contributed by atoms with van der Waals surface area (Å²) in [5, 5.41) is 2.66. The fraction of sp³-hybridized carbons (Fsp3) is 0.231. The summed E-state index contributed by atoms with van der Waals surface area (Å²) in [7, 11) is 0. The predicted octanol–water partition coefficient (Wildman–Crippen LogP) is 1.42. The zero-order valence-corrected chi connectivity index (χ0v) is 9.68. The Morgan fingerprint density at radius 1 is 1.24 bits per heavy atom. The van der Waals surface area contributed by atoms with Crippen molar-refractivity contribution in [2.24, 2.45) is 0 Å². The van der Waals surface area contributed by atoms with E-state index < -0.39 is 5.97 Å². The van der Waals surface area contributed by atoms with E-state index >= 15 is 0 Å². The van der Waals surface area contributed by atoms with Gasteiger partial charge in [-0.25, -0.2) is 4.79 Å². The zero-order valence-electron chi connectivity index (χ0n) is 9.68. The minimum absolute atomic E-state index is 0.300. The molecule has 90 valence electrons. The molecular formula is C13H15NO3. The number of carbonyl (C=O) groups excluding carboxylic acids is 2. The van der Waals surface area contributed by atoms with Crippen LogP contribution in [0, 0.1) is 0 Å². The average molecular weight is 233 g/mol. The van der Waals surface area contributed by atoms with E-state index in [2.05, 4.69) is 10.1 Å². The lowest BCUT2D eigenvalue weighted by Crippen LogP contribution is -2.20. The van der Waals surface area contributed by atoms with Crippen LogP contribution in [0.5, 0.6) is 0 Å². The van der Waals surface area contributed by atoms with Crippen molar-refractivity contribution < 1.29 is 14.3 Å². The highest BCUT2D eigenvalue weighted by molar-refractivity contribution is 5.94. The lowest BCUT2D eigenvalue weighted by atomic mass is 10.2. The largest absolute Gasteiger partial charge is 0.463 e. The molecule has 0 aliphatic rings. The Hall–Kier alpha value is -2.10. The van der Waals surface area contributed by atoms with Crippen LogP contribution >= 0.6 is 0 Å². The summed E-state index contributed by atoms with van der Waals surface area (Å²) in [6, 6.07) is 9.53. The Labute approximate surface area is 100 Å². The van der Waals surface area contributed by atoms with Crippen molar-refractivity contribution in [2.75, 3.05) is 6.61 Å². The van der Waals surface area contributed by atoms with Crippen LogP contribution in [0.3, 0.4) is 0 Å². The van der Waals surface area contributed by atoms with Crippen LogP contribution in [0.1, 0.15) is 12.5 Å². The molecule has 4 nitrogen and oxygen atoms in total. The highest BCUT2D eigenvalue weighted by Crippen LogP contribution is 1.96. The van der Waals surface area contributed by atoms with Gasteiger partial charge in [-0.2, -0.15) is 0 Å².